The van der Waals surface area contributed by atoms with Crippen molar-refractivity contribution in [1.82, 2.24) is 9.55 Å². The number of furan rings is 1. The first kappa shape index (κ1) is 18.3. The largest absolute Gasteiger partial charge is 0.493 e. The standard InChI is InChI=1S/C21H16N2O6/c1-28-20(26)18-9-7-13(29-18)11-23-19(25)16(22-21(23)27)10-15-14-5-3-2-4-12(14)6-8-17(15)24/h2-10,25H,11H2,1H3,(H,22,27). The summed E-state index contributed by atoms with van der Waals surface area (Å²) in [7, 11) is 1.23. The van der Waals surface area contributed by atoms with Crippen LogP contribution in [0.1, 0.15) is 33.1 Å². The number of benzene rings is 1. The third kappa shape index (κ3) is 3.31. The Morgan fingerprint density at radius 2 is 2.00 bits per heavy atom. The van der Waals surface area contributed by atoms with Crippen molar-refractivity contribution < 1.29 is 23.8 Å². The Labute approximate surface area is 164 Å². The van der Waals surface area contributed by atoms with E-state index in [1.807, 2.05) is 18.2 Å². The van der Waals surface area contributed by atoms with Crippen LogP contribution >= 0.6 is 0 Å². The molecule has 0 radical (unpaired) electrons. The smallest absolute Gasteiger partial charge is 0.373 e. The van der Waals surface area contributed by atoms with Crippen LogP contribution in [0.15, 0.2) is 51.7 Å². The quantitative estimate of drug-likeness (QED) is 0.521. The van der Waals surface area contributed by atoms with Crippen LogP contribution in [0.4, 0.5) is 0 Å². The summed E-state index contributed by atoms with van der Waals surface area (Å²) in [5.41, 5.74) is 1.45. The minimum Gasteiger partial charge on any atom is -0.493 e. The van der Waals surface area contributed by atoms with E-state index < -0.39 is 11.7 Å². The topological polar surface area (TPSA) is 115 Å². The molecule has 0 saturated carbocycles. The second-order valence-corrected chi connectivity index (χ2v) is 6.35. The number of ketones is 1. The van der Waals surface area contributed by atoms with Gasteiger partial charge in [-0.3, -0.25) is 9.36 Å². The number of carbonyl (C=O) groups is 2. The minimum absolute atomic E-state index is 0.0101. The molecule has 4 rings (SSSR count). The molecule has 0 unspecified atom stereocenters. The molecule has 1 aromatic carbocycles. The van der Waals surface area contributed by atoms with E-state index in [0.29, 0.717) is 11.1 Å². The van der Waals surface area contributed by atoms with Gasteiger partial charge in [0.05, 0.1) is 13.7 Å². The maximum Gasteiger partial charge on any atom is 0.373 e. The van der Waals surface area contributed by atoms with Crippen molar-refractivity contribution in [3.05, 3.63) is 81.3 Å². The second-order valence-electron chi connectivity index (χ2n) is 6.35. The molecule has 2 heterocycles. The number of rotatable bonds is 4. The first-order valence-corrected chi connectivity index (χ1v) is 8.70. The van der Waals surface area contributed by atoms with Crippen molar-refractivity contribution in [1.29, 1.82) is 0 Å². The van der Waals surface area contributed by atoms with Gasteiger partial charge in [-0.1, -0.05) is 30.3 Å². The van der Waals surface area contributed by atoms with Crippen molar-refractivity contribution in [2.75, 3.05) is 7.11 Å². The van der Waals surface area contributed by atoms with Crippen molar-refractivity contribution in [3.63, 3.8) is 0 Å². The van der Waals surface area contributed by atoms with Crippen LogP contribution < -0.4 is 5.69 Å². The molecule has 2 aromatic heterocycles. The Kier molecular flexibility index (Phi) is 4.52. The molecule has 146 valence electrons. The number of carbonyl (C=O) groups excluding carboxylic acids is 2. The van der Waals surface area contributed by atoms with E-state index in [4.69, 9.17) is 4.42 Å². The lowest BCUT2D eigenvalue weighted by Crippen LogP contribution is -2.16. The summed E-state index contributed by atoms with van der Waals surface area (Å²) in [4.78, 5) is 38.7. The molecule has 0 bridgehead atoms. The van der Waals surface area contributed by atoms with Gasteiger partial charge in [0, 0.05) is 5.57 Å². The normalized spacial score (nSPS) is 14.2. The first-order chi connectivity index (χ1) is 14.0. The highest BCUT2D eigenvalue weighted by molar-refractivity contribution is 6.33. The monoisotopic (exact) mass is 392 g/mol. The SMILES string of the molecule is COC(=O)c1ccc(Cn2c(O)c(C=C3C(=O)C=Cc4ccccc43)[nH]c2=O)o1. The van der Waals surface area contributed by atoms with Crippen LogP contribution in [0.3, 0.4) is 0 Å². The molecular formula is C21H16N2O6. The molecule has 3 aromatic rings. The lowest BCUT2D eigenvalue weighted by atomic mass is 9.91. The Balaban J connectivity index is 1.69. The zero-order chi connectivity index (χ0) is 20.5. The van der Waals surface area contributed by atoms with Crippen molar-refractivity contribution >= 4 is 29.5 Å². The van der Waals surface area contributed by atoms with E-state index in [0.717, 1.165) is 10.1 Å². The summed E-state index contributed by atoms with van der Waals surface area (Å²) in [6.07, 6.45) is 4.61. The molecule has 1 aliphatic carbocycles. The molecule has 29 heavy (non-hydrogen) atoms. The van der Waals surface area contributed by atoms with Crippen molar-refractivity contribution in [2.45, 2.75) is 6.54 Å². The van der Waals surface area contributed by atoms with Crippen LogP contribution in [-0.4, -0.2) is 33.5 Å². The number of imidazole rings is 1. The van der Waals surface area contributed by atoms with E-state index >= 15 is 0 Å². The summed E-state index contributed by atoms with van der Waals surface area (Å²) in [5, 5.41) is 10.5. The van der Waals surface area contributed by atoms with Crippen LogP contribution in [0, 0.1) is 0 Å². The molecule has 0 fully saturated rings. The fourth-order valence-electron chi connectivity index (χ4n) is 3.13. The summed E-state index contributed by atoms with van der Waals surface area (Å²) in [6, 6.07) is 10.3. The Morgan fingerprint density at radius 1 is 1.21 bits per heavy atom. The molecule has 8 nitrogen and oxygen atoms in total. The van der Waals surface area contributed by atoms with Crippen LogP contribution in [0.2, 0.25) is 0 Å². The Hall–Kier alpha value is -4.07. The highest BCUT2D eigenvalue weighted by Crippen LogP contribution is 2.29. The van der Waals surface area contributed by atoms with Gasteiger partial charge in [0.25, 0.3) is 0 Å². The van der Waals surface area contributed by atoms with Gasteiger partial charge < -0.3 is 19.2 Å². The second kappa shape index (κ2) is 7.16. The van der Waals surface area contributed by atoms with Crippen molar-refractivity contribution in [3.8, 4) is 5.88 Å². The summed E-state index contributed by atoms with van der Waals surface area (Å²) in [6.45, 7) is -0.105. The fraction of sp³-hybridized carbons (Fsp3) is 0.0952. The van der Waals surface area contributed by atoms with E-state index in [9.17, 15) is 19.5 Å². The number of nitrogens with zero attached hydrogens (tertiary/aromatic N) is 1. The highest BCUT2D eigenvalue weighted by atomic mass is 16.5. The van der Waals surface area contributed by atoms with Gasteiger partial charge in [-0.15, -0.1) is 0 Å². The van der Waals surface area contributed by atoms with Gasteiger partial charge in [0.15, 0.2) is 5.78 Å². The predicted molar refractivity (Wildman–Crippen MR) is 104 cm³/mol. The van der Waals surface area contributed by atoms with E-state index in [2.05, 4.69) is 9.72 Å². The molecule has 0 atom stereocenters. The zero-order valence-electron chi connectivity index (χ0n) is 15.3. The molecular weight excluding hydrogens is 376 g/mol. The number of allylic oxidation sites excluding steroid dienone is 2. The van der Waals surface area contributed by atoms with Crippen LogP contribution in [0.25, 0.3) is 17.7 Å². The van der Waals surface area contributed by atoms with Gasteiger partial charge in [-0.2, -0.15) is 0 Å². The number of nitrogens with one attached hydrogen (secondary N) is 1. The van der Waals surface area contributed by atoms with Gasteiger partial charge >= 0.3 is 11.7 Å². The molecule has 0 amide bonds. The summed E-state index contributed by atoms with van der Waals surface area (Å²) < 4.78 is 11.0. The number of H-pyrrole nitrogens is 1. The number of hydrogen-bond donors (Lipinski definition) is 2. The number of fused-ring (bicyclic) bond motifs is 1. The number of aromatic nitrogens is 2. The summed E-state index contributed by atoms with van der Waals surface area (Å²) in [5.74, 6) is -0.953. The van der Waals surface area contributed by atoms with Crippen LogP contribution in [-0.2, 0) is 16.1 Å². The van der Waals surface area contributed by atoms with E-state index in [-0.39, 0.29) is 35.4 Å². The van der Waals surface area contributed by atoms with Gasteiger partial charge in [-0.05, 0) is 35.4 Å². The third-order valence-electron chi connectivity index (χ3n) is 4.56. The third-order valence-corrected chi connectivity index (χ3v) is 4.56. The van der Waals surface area contributed by atoms with Crippen LogP contribution in [0.5, 0.6) is 5.88 Å². The van der Waals surface area contributed by atoms with Gasteiger partial charge in [0.2, 0.25) is 11.6 Å². The maximum absolute atomic E-state index is 12.4. The summed E-state index contributed by atoms with van der Waals surface area (Å²) >= 11 is 0. The van der Waals surface area contributed by atoms with Gasteiger partial charge in [0.1, 0.15) is 11.5 Å². The number of methoxy groups -OCH3 is 1. The molecule has 0 spiro atoms. The number of aromatic hydroxyl groups is 1. The molecule has 1 aliphatic rings. The molecule has 8 heteroatoms. The lowest BCUT2D eigenvalue weighted by molar-refractivity contribution is -0.109. The molecule has 0 saturated heterocycles. The predicted octanol–water partition coefficient (Wildman–Crippen LogP) is 2.45. The fourth-order valence-corrected chi connectivity index (χ4v) is 3.13. The number of hydrogen-bond acceptors (Lipinski definition) is 6. The van der Waals surface area contributed by atoms with Gasteiger partial charge in [-0.25, -0.2) is 9.59 Å². The highest BCUT2D eigenvalue weighted by Gasteiger charge is 2.20. The Morgan fingerprint density at radius 3 is 2.79 bits per heavy atom. The van der Waals surface area contributed by atoms with Crippen molar-refractivity contribution in [2.24, 2.45) is 0 Å². The first-order valence-electron chi connectivity index (χ1n) is 8.70. The van der Waals surface area contributed by atoms with E-state index in [1.54, 1.807) is 12.1 Å². The Bertz CT molecular complexity index is 1240. The number of esters is 1. The number of aromatic amines is 1. The average molecular weight is 392 g/mol. The average Bonchev–Trinajstić information content (AvgIpc) is 3.30. The lowest BCUT2D eigenvalue weighted by Gasteiger charge is -2.12. The molecule has 2 N–H and O–H groups in total. The maximum atomic E-state index is 12.4. The zero-order valence-corrected chi connectivity index (χ0v) is 15.3. The minimum atomic E-state index is -0.644. The van der Waals surface area contributed by atoms with E-state index in [1.165, 1.54) is 31.4 Å². The number of ether oxygens (including phenoxy) is 1. The molecule has 0 aliphatic heterocycles.